The Labute approximate surface area is 180 Å². The van der Waals surface area contributed by atoms with Crippen molar-refractivity contribution in [2.75, 3.05) is 12.0 Å². The molecule has 1 aliphatic carbocycles. The Morgan fingerprint density at radius 1 is 1.17 bits per heavy atom. The highest BCUT2D eigenvalue weighted by atomic mass is 28.4. The predicted molar refractivity (Wildman–Crippen MR) is 118 cm³/mol. The minimum atomic E-state index is -2.04. The second-order valence-electron chi connectivity index (χ2n) is 9.81. The average molecular weight is 435 g/mol. The van der Waals surface area contributed by atoms with Gasteiger partial charge in [-0.15, -0.1) is 0 Å². The number of aromatic nitrogens is 1. The molecule has 1 amide bonds. The number of nitrogens with zero attached hydrogens (tertiary/aromatic N) is 2. The number of carbonyl (C=O) groups excluding carboxylic acids is 1. The number of pyridine rings is 1. The summed E-state index contributed by atoms with van der Waals surface area (Å²) in [6.07, 6.45) is 4.08. The second kappa shape index (κ2) is 8.07. The van der Waals surface area contributed by atoms with Crippen LogP contribution in [0.5, 0.6) is 0 Å². The van der Waals surface area contributed by atoms with E-state index >= 15 is 0 Å². The largest absolute Gasteiger partial charge is 0.452 e. The van der Waals surface area contributed by atoms with Gasteiger partial charge in [0.15, 0.2) is 14.1 Å². The second-order valence-corrected chi connectivity index (χ2v) is 14.6. The summed E-state index contributed by atoms with van der Waals surface area (Å²) in [5.41, 5.74) is 0. The summed E-state index contributed by atoms with van der Waals surface area (Å²) >= 11 is 0. The third-order valence-electron chi connectivity index (χ3n) is 6.12. The number of anilines is 1. The molecule has 166 valence electrons. The van der Waals surface area contributed by atoms with Crippen LogP contribution in [0.1, 0.15) is 34.6 Å². The van der Waals surface area contributed by atoms with Crippen molar-refractivity contribution >= 4 is 20.2 Å². The number of methoxy groups -OCH3 is 1. The highest BCUT2D eigenvalue weighted by molar-refractivity contribution is 6.74. The number of ether oxygens (including phenoxy) is 3. The van der Waals surface area contributed by atoms with Gasteiger partial charge in [0.25, 0.3) is 0 Å². The van der Waals surface area contributed by atoms with E-state index in [0.29, 0.717) is 5.82 Å². The molecule has 8 heteroatoms. The summed E-state index contributed by atoms with van der Waals surface area (Å²) in [5, 5.41) is 0.0637. The Morgan fingerprint density at radius 3 is 2.40 bits per heavy atom. The molecule has 1 aliphatic heterocycles. The van der Waals surface area contributed by atoms with Crippen LogP contribution >= 0.6 is 0 Å². The van der Waals surface area contributed by atoms with E-state index in [0.717, 1.165) is 0 Å². The van der Waals surface area contributed by atoms with Crippen LogP contribution in [0.25, 0.3) is 0 Å². The molecule has 4 atom stereocenters. The van der Waals surface area contributed by atoms with Gasteiger partial charge < -0.3 is 18.6 Å². The van der Waals surface area contributed by atoms with Crippen molar-refractivity contribution in [1.29, 1.82) is 0 Å². The molecule has 0 bridgehead atoms. The Balaban J connectivity index is 1.98. The SMILES string of the molecule is COC(=O)N(c1ccccn1)[C@H]1C=C[C@@H](O[Si](C)(C)C(C)(C)C)C2OC(C)(C)OC21. The van der Waals surface area contributed by atoms with Crippen molar-refractivity contribution < 1.29 is 23.4 Å². The van der Waals surface area contributed by atoms with Crippen molar-refractivity contribution in [3.05, 3.63) is 36.5 Å². The number of carbonyl (C=O) groups is 1. The van der Waals surface area contributed by atoms with Crippen molar-refractivity contribution in [1.82, 2.24) is 4.98 Å². The van der Waals surface area contributed by atoms with E-state index in [-0.39, 0.29) is 17.2 Å². The monoisotopic (exact) mass is 434 g/mol. The molecule has 1 saturated heterocycles. The summed E-state index contributed by atoms with van der Waals surface area (Å²) < 4.78 is 24.3. The molecule has 7 nitrogen and oxygen atoms in total. The first-order valence-corrected chi connectivity index (χ1v) is 13.3. The molecule has 1 aromatic heterocycles. The molecule has 0 radical (unpaired) electrons. The molecule has 0 aromatic carbocycles. The van der Waals surface area contributed by atoms with Gasteiger partial charge >= 0.3 is 6.09 Å². The normalized spacial score (nSPS) is 28.1. The zero-order valence-corrected chi connectivity index (χ0v) is 20.2. The molecule has 3 rings (SSSR count). The van der Waals surface area contributed by atoms with Gasteiger partial charge in [-0.1, -0.05) is 39.0 Å². The minimum Gasteiger partial charge on any atom is -0.452 e. The lowest BCUT2D eigenvalue weighted by Crippen LogP contribution is -2.57. The van der Waals surface area contributed by atoms with Crippen molar-refractivity contribution in [3.63, 3.8) is 0 Å². The average Bonchev–Trinajstić information content (AvgIpc) is 2.99. The lowest BCUT2D eigenvalue weighted by atomic mass is 9.93. The highest BCUT2D eigenvalue weighted by Gasteiger charge is 2.54. The van der Waals surface area contributed by atoms with Crippen molar-refractivity contribution in [2.45, 2.75) is 82.9 Å². The first-order chi connectivity index (χ1) is 13.9. The van der Waals surface area contributed by atoms with Crippen LogP contribution in [-0.4, -0.2) is 56.6 Å². The van der Waals surface area contributed by atoms with Gasteiger partial charge in [0.2, 0.25) is 0 Å². The minimum absolute atomic E-state index is 0.0637. The maximum atomic E-state index is 12.7. The standard InChI is InChI=1S/C22H34N2O5Si/c1-21(2,3)30(7,8)29-16-13-12-15(18-19(16)28-22(4,5)27-18)24(20(25)26-6)17-11-9-10-14-23-17/h9-16,18-19H,1-8H3/t15-,16+,18?,19?/m0/s1. The molecule has 2 aliphatic rings. The Morgan fingerprint density at radius 2 is 1.83 bits per heavy atom. The first kappa shape index (κ1) is 22.9. The summed E-state index contributed by atoms with van der Waals surface area (Å²) in [7, 11) is -0.682. The summed E-state index contributed by atoms with van der Waals surface area (Å²) in [6, 6.07) is 4.99. The molecule has 0 N–H and O–H groups in total. The lowest BCUT2D eigenvalue weighted by molar-refractivity contribution is -0.151. The Hall–Kier alpha value is -1.74. The van der Waals surface area contributed by atoms with Crippen molar-refractivity contribution in [2.24, 2.45) is 0 Å². The molecule has 0 saturated carbocycles. The fourth-order valence-electron chi connectivity index (χ4n) is 3.60. The molecule has 2 heterocycles. The Bertz CT molecular complexity index is 790. The van der Waals surface area contributed by atoms with Gasteiger partial charge in [-0.05, 0) is 44.1 Å². The number of hydrogen-bond acceptors (Lipinski definition) is 6. The number of amides is 1. The summed E-state index contributed by atoms with van der Waals surface area (Å²) in [5.74, 6) is -0.296. The van der Waals surface area contributed by atoms with Crippen LogP contribution in [0.15, 0.2) is 36.5 Å². The third kappa shape index (κ3) is 4.46. The van der Waals surface area contributed by atoms with Crippen LogP contribution in [-0.2, 0) is 18.6 Å². The maximum absolute atomic E-state index is 12.7. The molecule has 1 fully saturated rings. The summed E-state index contributed by atoms with van der Waals surface area (Å²) in [4.78, 5) is 18.6. The fraction of sp³-hybridized carbons (Fsp3) is 0.636. The van der Waals surface area contributed by atoms with E-state index in [1.165, 1.54) is 12.0 Å². The zero-order chi connectivity index (χ0) is 22.3. The smallest absolute Gasteiger partial charge is 0.415 e. The number of rotatable bonds is 4. The first-order valence-electron chi connectivity index (χ1n) is 10.4. The van der Waals surface area contributed by atoms with Gasteiger partial charge in [0, 0.05) is 6.20 Å². The van der Waals surface area contributed by atoms with Crippen LogP contribution in [0, 0.1) is 0 Å². The molecule has 2 unspecified atom stereocenters. The predicted octanol–water partition coefficient (Wildman–Crippen LogP) is 4.50. The number of hydrogen-bond donors (Lipinski definition) is 0. The van der Waals surface area contributed by atoms with E-state index in [1.54, 1.807) is 18.3 Å². The van der Waals surface area contributed by atoms with Crippen molar-refractivity contribution in [3.8, 4) is 0 Å². The fourth-order valence-corrected chi connectivity index (χ4v) is 4.84. The lowest BCUT2D eigenvalue weighted by Gasteiger charge is -2.43. The van der Waals surface area contributed by atoms with Gasteiger partial charge in [0.1, 0.15) is 18.0 Å². The highest BCUT2D eigenvalue weighted by Crippen LogP contribution is 2.42. The van der Waals surface area contributed by atoms with E-state index in [2.05, 4.69) is 38.8 Å². The van der Waals surface area contributed by atoms with Crippen LogP contribution in [0.3, 0.4) is 0 Å². The van der Waals surface area contributed by atoms with E-state index in [1.807, 2.05) is 32.1 Å². The van der Waals surface area contributed by atoms with E-state index in [4.69, 9.17) is 18.6 Å². The Kier molecular flexibility index (Phi) is 6.17. The molecular formula is C22H34N2O5Si. The van der Waals surface area contributed by atoms with Gasteiger partial charge in [-0.3, -0.25) is 4.90 Å². The number of fused-ring (bicyclic) bond motifs is 1. The maximum Gasteiger partial charge on any atom is 0.415 e. The van der Waals surface area contributed by atoms with Gasteiger partial charge in [-0.25, -0.2) is 9.78 Å². The van der Waals surface area contributed by atoms with E-state index in [9.17, 15) is 4.79 Å². The third-order valence-corrected chi connectivity index (χ3v) is 10.6. The van der Waals surface area contributed by atoms with Gasteiger partial charge in [-0.2, -0.15) is 0 Å². The molecule has 30 heavy (non-hydrogen) atoms. The topological polar surface area (TPSA) is 70.1 Å². The quantitative estimate of drug-likeness (QED) is 0.513. The molecular weight excluding hydrogens is 400 g/mol. The van der Waals surface area contributed by atoms with Gasteiger partial charge in [0.05, 0.1) is 19.3 Å². The molecule has 1 aromatic rings. The van der Waals surface area contributed by atoms with Crippen LogP contribution in [0.2, 0.25) is 18.1 Å². The van der Waals surface area contributed by atoms with Crippen LogP contribution < -0.4 is 4.90 Å². The molecule has 0 spiro atoms. The summed E-state index contributed by atoms with van der Waals surface area (Å²) in [6.45, 7) is 14.8. The van der Waals surface area contributed by atoms with E-state index < -0.39 is 32.3 Å². The zero-order valence-electron chi connectivity index (χ0n) is 19.2. The van der Waals surface area contributed by atoms with Crippen LogP contribution in [0.4, 0.5) is 10.6 Å².